The highest BCUT2D eigenvalue weighted by atomic mass is 28.4. The highest BCUT2D eigenvalue weighted by Crippen LogP contribution is 2.66. The van der Waals surface area contributed by atoms with Gasteiger partial charge in [-0.3, -0.25) is 0 Å². The molecule has 3 fully saturated rings. The van der Waals surface area contributed by atoms with Gasteiger partial charge in [0.2, 0.25) is 0 Å². The van der Waals surface area contributed by atoms with Gasteiger partial charge < -0.3 is 9.53 Å². The summed E-state index contributed by atoms with van der Waals surface area (Å²) in [6, 6.07) is 0. The van der Waals surface area contributed by atoms with Crippen molar-refractivity contribution in [2.75, 3.05) is 0 Å². The van der Waals surface area contributed by atoms with Crippen molar-refractivity contribution < 1.29 is 9.53 Å². The molecule has 0 aromatic heterocycles. The molecule has 8 atom stereocenters. The molecule has 0 saturated heterocycles. The normalized spacial score (nSPS) is 45.5. The zero-order valence-electron chi connectivity index (χ0n) is 21.8. The fraction of sp³-hybridized carbons (Fsp3) is 0.929. The molecule has 3 saturated carbocycles. The van der Waals surface area contributed by atoms with Gasteiger partial charge in [0.05, 0.1) is 6.10 Å². The van der Waals surface area contributed by atoms with Crippen LogP contribution in [0.4, 0.5) is 0 Å². The SMILES string of the molecule is CCCC1C=C2CC(O[Si](C)(C)C(C)(C)C)CC[C@]2(C)[C@@H]2CC[C@]3(C)C(O)CC[C@H]3[C@H]12. The van der Waals surface area contributed by atoms with Gasteiger partial charge in [0.15, 0.2) is 8.32 Å². The highest BCUT2D eigenvalue weighted by Gasteiger charge is 2.60. The molecule has 4 aliphatic carbocycles. The fourth-order valence-electron chi connectivity index (χ4n) is 8.06. The first-order valence-corrected chi connectivity index (χ1v) is 16.3. The summed E-state index contributed by atoms with van der Waals surface area (Å²) < 4.78 is 6.93. The maximum absolute atomic E-state index is 10.9. The van der Waals surface area contributed by atoms with Gasteiger partial charge in [0.1, 0.15) is 0 Å². The van der Waals surface area contributed by atoms with E-state index in [2.05, 4.69) is 60.7 Å². The second-order valence-electron chi connectivity index (χ2n) is 13.7. The van der Waals surface area contributed by atoms with Crippen molar-refractivity contribution >= 4 is 8.32 Å². The summed E-state index contributed by atoms with van der Waals surface area (Å²) in [6.07, 6.45) is 14.2. The van der Waals surface area contributed by atoms with Crippen molar-refractivity contribution in [1.29, 1.82) is 0 Å². The molecule has 4 aliphatic rings. The van der Waals surface area contributed by atoms with E-state index in [4.69, 9.17) is 4.43 Å². The van der Waals surface area contributed by atoms with E-state index in [1.165, 1.54) is 44.9 Å². The van der Waals surface area contributed by atoms with Gasteiger partial charge in [-0.15, -0.1) is 0 Å². The number of hydrogen-bond donors (Lipinski definition) is 1. The third-order valence-corrected chi connectivity index (χ3v) is 15.6. The monoisotopic (exact) mass is 446 g/mol. The first-order valence-electron chi connectivity index (χ1n) is 13.4. The second kappa shape index (κ2) is 7.98. The summed E-state index contributed by atoms with van der Waals surface area (Å²) in [4.78, 5) is 0. The topological polar surface area (TPSA) is 29.5 Å². The van der Waals surface area contributed by atoms with Gasteiger partial charge in [-0.2, -0.15) is 0 Å². The zero-order chi connectivity index (χ0) is 22.8. The van der Waals surface area contributed by atoms with Crippen LogP contribution < -0.4 is 0 Å². The molecule has 0 heterocycles. The first-order chi connectivity index (χ1) is 14.3. The largest absolute Gasteiger partial charge is 0.414 e. The molecule has 3 heteroatoms. The lowest BCUT2D eigenvalue weighted by atomic mass is 9.45. The average Bonchev–Trinajstić information content (AvgIpc) is 2.97. The Balaban J connectivity index is 1.62. The third-order valence-electron chi connectivity index (χ3n) is 11.1. The predicted octanol–water partition coefficient (Wildman–Crippen LogP) is 7.73. The van der Waals surface area contributed by atoms with Crippen LogP contribution >= 0.6 is 0 Å². The maximum atomic E-state index is 10.9. The van der Waals surface area contributed by atoms with E-state index in [-0.39, 0.29) is 16.6 Å². The fourth-order valence-corrected chi connectivity index (χ4v) is 9.45. The molecule has 0 radical (unpaired) electrons. The molecule has 0 aromatic carbocycles. The Morgan fingerprint density at radius 1 is 1.06 bits per heavy atom. The molecule has 0 aliphatic heterocycles. The molecule has 4 rings (SSSR count). The second-order valence-corrected chi connectivity index (χ2v) is 18.5. The van der Waals surface area contributed by atoms with Crippen LogP contribution in [-0.4, -0.2) is 25.6 Å². The molecule has 2 nitrogen and oxygen atoms in total. The van der Waals surface area contributed by atoms with E-state index >= 15 is 0 Å². The molecule has 1 N–H and O–H groups in total. The van der Waals surface area contributed by atoms with Crippen molar-refractivity contribution in [2.24, 2.45) is 34.5 Å². The highest BCUT2D eigenvalue weighted by molar-refractivity contribution is 6.74. The summed E-state index contributed by atoms with van der Waals surface area (Å²) in [7, 11) is -1.73. The summed E-state index contributed by atoms with van der Waals surface area (Å²) in [5.41, 5.74) is 2.26. The van der Waals surface area contributed by atoms with Crippen LogP contribution in [0.5, 0.6) is 0 Å². The van der Waals surface area contributed by atoms with Crippen LogP contribution in [0.15, 0.2) is 11.6 Å². The summed E-state index contributed by atoms with van der Waals surface area (Å²) in [5.74, 6) is 3.01. The Labute approximate surface area is 193 Å². The number of rotatable bonds is 4. The standard InChI is InChI=1S/C28H50O2Si/c1-9-10-19-17-20-18-21(30-31(7,8)26(2,3)4)13-15-27(20,5)23-14-16-28(6)22(25(19)23)11-12-24(28)29/h17,19,21-25,29H,9-16,18H2,1-8H3/t19?,21?,22-,23+,24?,25-,27-,28-/m0/s1. The molecule has 0 bridgehead atoms. The number of aliphatic hydroxyl groups is 1. The minimum absolute atomic E-state index is 0.0763. The van der Waals surface area contributed by atoms with Crippen molar-refractivity contribution in [3.63, 3.8) is 0 Å². The van der Waals surface area contributed by atoms with Gasteiger partial charge in [-0.25, -0.2) is 0 Å². The van der Waals surface area contributed by atoms with Crippen molar-refractivity contribution in [3.05, 3.63) is 11.6 Å². The number of hydrogen-bond acceptors (Lipinski definition) is 2. The predicted molar refractivity (Wildman–Crippen MR) is 134 cm³/mol. The number of allylic oxidation sites excluding steroid dienone is 1. The quantitative estimate of drug-likeness (QED) is 0.353. The average molecular weight is 447 g/mol. The van der Waals surface area contributed by atoms with Crippen LogP contribution in [0.1, 0.15) is 99.3 Å². The maximum Gasteiger partial charge on any atom is 0.192 e. The third kappa shape index (κ3) is 3.83. The number of fused-ring (bicyclic) bond motifs is 5. The van der Waals surface area contributed by atoms with Gasteiger partial charge >= 0.3 is 0 Å². The van der Waals surface area contributed by atoms with E-state index in [1.54, 1.807) is 5.57 Å². The molecule has 31 heavy (non-hydrogen) atoms. The molecule has 0 amide bonds. The van der Waals surface area contributed by atoms with Crippen LogP contribution in [-0.2, 0) is 4.43 Å². The minimum atomic E-state index is -1.73. The van der Waals surface area contributed by atoms with Gasteiger partial charge in [0, 0.05) is 6.10 Å². The molecular weight excluding hydrogens is 396 g/mol. The zero-order valence-corrected chi connectivity index (χ0v) is 22.8. The minimum Gasteiger partial charge on any atom is -0.414 e. The van der Waals surface area contributed by atoms with Crippen LogP contribution in [0.25, 0.3) is 0 Å². The lowest BCUT2D eigenvalue weighted by molar-refractivity contribution is -0.0876. The van der Waals surface area contributed by atoms with Gasteiger partial charge in [0.25, 0.3) is 0 Å². The van der Waals surface area contributed by atoms with E-state index < -0.39 is 8.32 Å². The van der Waals surface area contributed by atoms with Crippen molar-refractivity contribution in [1.82, 2.24) is 0 Å². The Kier molecular flexibility index (Phi) is 6.18. The van der Waals surface area contributed by atoms with E-state index in [0.29, 0.717) is 23.4 Å². The summed E-state index contributed by atoms with van der Waals surface area (Å²) >= 11 is 0. The lowest BCUT2D eigenvalue weighted by Gasteiger charge is -2.60. The molecule has 0 spiro atoms. The van der Waals surface area contributed by atoms with Crippen molar-refractivity contribution in [3.8, 4) is 0 Å². The van der Waals surface area contributed by atoms with Crippen LogP contribution in [0.3, 0.4) is 0 Å². The van der Waals surface area contributed by atoms with Crippen molar-refractivity contribution in [2.45, 2.75) is 130 Å². The molecule has 0 aromatic rings. The smallest absolute Gasteiger partial charge is 0.192 e. The van der Waals surface area contributed by atoms with Gasteiger partial charge in [-0.05, 0) is 104 Å². The van der Waals surface area contributed by atoms with E-state index in [9.17, 15) is 5.11 Å². The van der Waals surface area contributed by atoms with E-state index in [1.807, 2.05) is 0 Å². The Bertz CT molecular complexity index is 706. The Morgan fingerprint density at radius 3 is 2.42 bits per heavy atom. The Morgan fingerprint density at radius 2 is 1.77 bits per heavy atom. The van der Waals surface area contributed by atoms with E-state index in [0.717, 1.165) is 24.7 Å². The van der Waals surface area contributed by atoms with Gasteiger partial charge in [-0.1, -0.05) is 59.6 Å². The Hall–Kier alpha value is -0.123. The summed E-state index contributed by atoms with van der Waals surface area (Å²) in [5, 5.41) is 11.1. The molecule has 3 unspecified atom stereocenters. The van der Waals surface area contributed by atoms with Crippen LogP contribution in [0, 0.1) is 34.5 Å². The molecule has 178 valence electrons. The van der Waals surface area contributed by atoms with Crippen LogP contribution in [0.2, 0.25) is 18.1 Å². The first kappa shape index (κ1) is 24.0. The summed E-state index contributed by atoms with van der Waals surface area (Å²) in [6.45, 7) is 19.3. The number of aliphatic hydroxyl groups excluding tert-OH is 1. The molecular formula is C28H50O2Si. The lowest BCUT2D eigenvalue weighted by Crippen LogP contribution is -2.54.